The topological polar surface area (TPSA) is 748 Å². The number of rotatable bonds is 22. The number of hydrogen-bond donors (Lipinski definition) is 26. The quantitative estimate of drug-likeness (QED) is 0.0287. The number of phenols is 1. The molecule has 53 heteroatoms. The van der Waals surface area contributed by atoms with Gasteiger partial charge in [0, 0.05) is 65.8 Å². The first-order valence-corrected chi connectivity index (χ1v) is 53.4. The number of aliphatic hydroxyl groups excluding tert-OH is 1. The Morgan fingerprint density at radius 3 is 1.42 bits per heavy atom. The highest BCUT2D eigenvalue weighted by Gasteiger charge is 2.42. The molecule has 3 aliphatic rings. The summed E-state index contributed by atoms with van der Waals surface area (Å²) in [7, 11) is 2.72. The zero-order chi connectivity index (χ0) is 110. The van der Waals surface area contributed by atoms with Gasteiger partial charge in [-0.1, -0.05) is 196 Å². The first kappa shape index (κ1) is 121. The van der Waals surface area contributed by atoms with E-state index in [2.05, 4.69) is 117 Å². The maximum Gasteiger partial charge on any atom is 0.326 e. The number of aromatic nitrogens is 1. The minimum absolute atomic E-state index is 0.170. The fraction of sp³-hybridized carbons (Fsp3) is 0.495. The van der Waals surface area contributed by atoms with Gasteiger partial charge in [0.15, 0.2) is 0 Å². The molecule has 8 rings (SSSR count). The van der Waals surface area contributed by atoms with E-state index in [1.54, 1.807) is 107 Å². The number of carboxylic acids is 1. The van der Waals surface area contributed by atoms with Crippen molar-refractivity contribution >= 4 is 190 Å². The number of primary amides is 1. The highest BCUT2D eigenvalue weighted by molar-refractivity contribution is 8.77. The molecular weight excluding hydrogens is 2030 g/mol. The number of aliphatic hydroxyl groups is 1. The molecule has 4 heterocycles. The summed E-state index contributed by atoms with van der Waals surface area (Å²) < 4.78 is 0. The lowest BCUT2D eigenvalue weighted by molar-refractivity contribution is -0.142. The molecule has 5 aromatic rings. The molecule has 3 saturated heterocycles. The third-order valence-corrected chi connectivity index (χ3v) is 28.8. The molecule has 3 aliphatic heterocycles. The van der Waals surface area contributed by atoms with Crippen molar-refractivity contribution in [3.63, 3.8) is 0 Å². The van der Waals surface area contributed by atoms with E-state index in [1.165, 1.54) is 77.9 Å². The second kappa shape index (κ2) is 59.5. The summed E-state index contributed by atoms with van der Waals surface area (Å²) in [4.78, 5) is 339. The number of aliphatic carboxylic acids is 1. The normalized spacial score (nSPS) is 24.8. The molecule has 3 fully saturated rings. The molecule has 150 heavy (non-hydrogen) atoms. The van der Waals surface area contributed by atoms with Crippen molar-refractivity contribution < 1.29 is 126 Å². The Balaban J connectivity index is 1.31. The Morgan fingerprint density at radius 1 is 0.400 bits per heavy atom. The lowest BCUT2D eigenvalue weighted by Gasteiger charge is -2.30. The number of carbonyl (C=O) groups excluding carboxylic acids is 22. The van der Waals surface area contributed by atoms with Crippen LogP contribution < -0.4 is 117 Å². The van der Waals surface area contributed by atoms with Crippen molar-refractivity contribution in [3.05, 3.63) is 138 Å². The zero-order valence-corrected chi connectivity index (χ0v) is 87.3. The Morgan fingerprint density at radius 2 is 0.847 bits per heavy atom. The summed E-state index contributed by atoms with van der Waals surface area (Å²) in [5.74, 6) is -32.8. The van der Waals surface area contributed by atoms with E-state index in [1.807, 2.05) is 0 Å². The predicted octanol–water partition coefficient (Wildman–Crippen LogP) is -5.56. The zero-order valence-electron chi connectivity index (χ0n) is 84.1. The van der Waals surface area contributed by atoms with E-state index in [0.717, 1.165) is 21.6 Å². The molecule has 0 saturated carbocycles. The third-order valence-electron chi connectivity index (χ3n) is 24.0. The molecule has 0 radical (unpaired) electrons. The van der Waals surface area contributed by atoms with Gasteiger partial charge in [-0.05, 0) is 84.4 Å². The highest BCUT2D eigenvalue weighted by atomic mass is 33.1. The molecule has 1 aromatic heterocycles. The predicted molar refractivity (Wildman–Crippen MR) is 552 cm³/mol. The maximum absolute atomic E-state index is 15.6. The average Bonchev–Trinajstić information content (AvgIpc) is 1.63. The first-order valence-electron chi connectivity index (χ1n) is 48.4. The number of hydrogen-bond acceptors (Lipinski definition) is 29. The molecule has 4 aromatic carbocycles. The van der Waals surface area contributed by atoms with Crippen LogP contribution in [0.4, 0.5) is 0 Å². The number of para-hydroxylation sites is 1. The summed E-state index contributed by atoms with van der Waals surface area (Å²) in [6.45, 7) is 9.93. The second-order valence-electron chi connectivity index (χ2n) is 37.2. The van der Waals surface area contributed by atoms with Gasteiger partial charge in [0.05, 0.1) is 45.6 Å². The molecule has 4 bridgehead atoms. The van der Waals surface area contributed by atoms with Gasteiger partial charge < -0.3 is 138 Å². The molecule has 22 amide bonds. The molecular formula is C97H131N23O26S4. The fourth-order valence-electron chi connectivity index (χ4n) is 15.4. The van der Waals surface area contributed by atoms with Crippen molar-refractivity contribution in [2.45, 2.75) is 223 Å². The van der Waals surface area contributed by atoms with Gasteiger partial charge in [-0.15, -0.1) is 0 Å². The van der Waals surface area contributed by atoms with Gasteiger partial charge in [-0.25, -0.2) is 4.79 Å². The Bertz CT molecular complexity index is 5670. The van der Waals surface area contributed by atoms with E-state index in [0.29, 0.717) is 54.7 Å². The van der Waals surface area contributed by atoms with Crippen LogP contribution >= 0.6 is 43.2 Å². The Hall–Kier alpha value is -14.6. The number of aromatic hydroxyl groups is 1. The highest BCUT2D eigenvalue weighted by Crippen LogP contribution is 2.28. The van der Waals surface area contributed by atoms with E-state index in [9.17, 15) is 87.2 Å². The van der Waals surface area contributed by atoms with Crippen LogP contribution in [0.15, 0.2) is 115 Å². The number of aromatic amines is 1. The lowest BCUT2D eigenvalue weighted by Crippen LogP contribution is -2.62. The van der Waals surface area contributed by atoms with Gasteiger partial charge in [0.2, 0.25) is 130 Å². The molecule has 5 unspecified atom stereocenters. The van der Waals surface area contributed by atoms with Crippen molar-refractivity contribution in [2.24, 2.45) is 29.4 Å². The Labute approximate surface area is 879 Å². The van der Waals surface area contributed by atoms with E-state index < -0.39 is 337 Å². The number of phenolic OH excluding ortho intramolecular Hbond substituents is 1. The van der Waals surface area contributed by atoms with E-state index >= 15 is 38.4 Å². The van der Waals surface area contributed by atoms with Gasteiger partial charge in [-0.3, -0.25) is 105 Å². The third kappa shape index (κ3) is 38.8. The van der Waals surface area contributed by atoms with Crippen LogP contribution in [0.1, 0.15) is 117 Å². The van der Waals surface area contributed by atoms with E-state index in [-0.39, 0.29) is 37.9 Å². The van der Waals surface area contributed by atoms with Crippen LogP contribution in [0.5, 0.6) is 5.75 Å². The lowest BCUT2D eigenvalue weighted by atomic mass is 9.96. The SMILES string of the molecule is CC[C@H](C)C1NC(=O)[C@H](C)NC(=O)[C@H](Cc2ccc(O)cc2)NC(=O)CNC(=O)C2CSSCC3NC(=O)CC(NC(=O)[C@H](CC(N)=O)NC(=O)C(CSSC[C@@H](C(=O)N[C@@H](Cc4ccccc4)C(=O)N[C@@H](Cc4c[nH]c5ccccc45)C(=O)O)NC(=O)[C@H](C(C)C)NC1=O)NC(=O)[C@@H](CO)NC(=O)CNC(=O)[C@H](C(C)C)NC(=O)CNC(=O)[C@H](CC(C)C)NC3=O)C(=O)N[C@H](Cc1ccccc1)C(=O)N[C@@H](C)C(=O)NCC(=O)N2. The number of nitrogens with one attached hydrogen (secondary N) is 22. The van der Waals surface area contributed by atoms with Crippen LogP contribution in [0.25, 0.3) is 10.9 Å². The van der Waals surface area contributed by atoms with Gasteiger partial charge in [0.25, 0.3) is 0 Å². The number of amides is 22. The minimum atomic E-state index is -2.32. The Kier molecular flexibility index (Phi) is 47.9. The number of H-pyrrole nitrogens is 1. The molecule has 18 atom stereocenters. The van der Waals surface area contributed by atoms with Gasteiger partial charge in [-0.2, -0.15) is 0 Å². The number of fused-ring (bicyclic) bond motifs is 10. The molecule has 0 aliphatic carbocycles. The van der Waals surface area contributed by atoms with Crippen LogP contribution in [0.3, 0.4) is 0 Å². The van der Waals surface area contributed by atoms with Crippen LogP contribution in [-0.2, 0) is 136 Å². The maximum atomic E-state index is 15.6. The van der Waals surface area contributed by atoms with E-state index in [4.69, 9.17) is 5.73 Å². The fourth-order valence-corrected chi connectivity index (χ4v) is 20.1. The standard InChI is InChI=1S/C97H131N23O26S4/c1-11-50(8)80-96(144)119-79(49(6)7)95(143)117-71(93(141)112-63(32-54-22-16-13-17-23-54)87(135)115-66(97(145)146)34-56-37-99-59-25-19-18-24-58(56)59)46-150-149-45-70-92(140)113-64(35-72(98)123)88(136)114-65-36-73(124)108-69(91(139)110-60(30-47(2)3)83(131)101-41-77(128)118-78(48(4)5)94(142)103-40-75(126)107-67(42-121)90(138)116-70)44-148-147-43-68(109-76(127)38-100-81(129)51(9)104-86(134)62(111-89(65)137)31-53-20-14-12-15-21-53)84(132)102-39-74(125)106-61(33-55-26-28-57(122)29-27-55)85(133)105-52(10)82(130)120-80/h12-29,37,47-52,60-71,78-80,99,121-122H,11,30-36,38-46H2,1-10H3,(H2,98,123)(H,100,129)(H,101,131)(H,102,132)(H,103,142)(H,104,134)(H,105,133)(H,106,125)(H,107,126)(H,108,124)(H,109,127)(H,110,139)(H,111,137)(H,112,141)(H,113,140)(H,114,136)(H,115,135)(H,116,138)(H,117,143)(H,118,128)(H,119,144)(H,120,130)(H,145,146)/t50-,51-,52-,60-,61-,62+,63-,64-,65?,66-,67+,68?,69?,70?,71-,78-,79-,80?/m0/s1. The summed E-state index contributed by atoms with van der Waals surface area (Å²) in [5.41, 5.74) is 8.02. The largest absolute Gasteiger partial charge is 0.508 e. The molecule has 49 nitrogen and oxygen atoms in total. The van der Waals surface area contributed by atoms with Crippen molar-refractivity contribution in [2.75, 3.05) is 55.8 Å². The average molecular weight is 2160 g/mol. The smallest absolute Gasteiger partial charge is 0.326 e. The second-order valence-corrected chi connectivity index (χ2v) is 42.3. The number of carboxylic acid groups (broad SMARTS) is 1. The van der Waals surface area contributed by atoms with Gasteiger partial charge in [0.1, 0.15) is 108 Å². The molecule has 814 valence electrons. The number of nitrogens with two attached hydrogens (primary N) is 1. The summed E-state index contributed by atoms with van der Waals surface area (Å²) in [5, 5.41) is 84.2. The monoisotopic (exact) mass is 2160 g/mol. The van der Waals surface area contributed by atoms with Crippen molar-refractivity contribution in [3.8, 4) is 5.75 Å². The van der Waals surface area contributed by atoms with Crippen molar-refractivity contribution in [1.82, 2.24) is 117 Å². The number of benzene rings is 4. The molecule has 0 spiro atoms. The van der Waals surface area contributed by atoms with Crippen LogP contribution in [-0.4, -0.2) is 315 Å². The summed E-state index contributed by atoms with van der Waals surface area (Å²) in [6.07, 6.45) is -2.37. The summed E-state index contributed by atoms with van der Waals surface area (Å²) >= 11 is 0. The first-order chi connectivity index (χ1) is 71.2. The molecule has 27 N–H and O–H groups in total. The van der Waals surface area contributed by atoms with Gasteiger partial charge >= 0.3 is 5.97 Å². The number of carbonyl (C=O) groups is 23. The summed E-state index contributed by atoms with van der Waals surface area (Å²) in [6, 6.07) is -2.34. The van der Waals surface area contributed by atoms with Crippen molar-refractivity contribution in [1.29, 1.82) is 0 Å². The minimum Gasteiger partial charge on any atom is -0.508 e. The van der Waals surface area contributed by atoms with Crippen LogP contribution in [0, 0.1) is 23.7 Å². The van der Waals surface area contributed by atoms with Crippen LogP contribution in [0.2, 0.25) is 0 Å².